The molecule has 15 heteroatoms. The van der Waals surface area contributed by atoms with Gasteiger partial charge >= 0.3 is 0 Å². The zero-order valence-electron chi connectivity index (χ0n) is 17.4. The first kappa shape index (κ1) is 27.1. The molecule has 2 aromatic rings. The fraction of sp³-hybridized carbons (Fsp3) is 0.263. The lowest BCUT2D eigenvalue weighted by molar-refractivity contribution is -0.346. The van der Waals surface area contributed by atoms with Crippen molar-refractivity contribution in [3.8, 4) is 0 Å². The number of phosphoric acid groups is 1. The largest absolute Gasteiger partial charge is 0.790 e. The van der Waals surface area contributed by atoms with Gasteiger partial charge in [0.1, 0.15) is 0 Å². The number of benzene rings is 1. The highest BCUT2D eigenvalue weighted by Gasteiger charge is 2.18. The molecule has 11 nitrogen and oxygen atoms in total. The van der Waals surface area contributed by atoms with Crippen molar-refractivity contribution in [3.05, 3.63) is 52.5 Å². The maximum absolute atomic E-state index is 13.3. The lowest BCUT2D eigenvalue weighted by Crippen LogP contribution is -2.18. The van der Waals surface area contributed by atoms with E-state index in [0.717, 1.165) is 24.6 Å². The van der Waals surface area contributed by atoms with Gasteiger partial charge in [0.15, 0.2) is 30.1 Å². The molecule has 0 radical (unpaired) electrons. The van der Waals surface area contributed by atoms with Gasteiger partial charge in [-0.25, -0.2) is 13.2 Å². The highest BCUT2D eigenvalue weighted by molar-refractivity contribution is 7.43. The first-order chi connectivity index (χ1) is 16.1. The number of carbonyl (C=O) groups excluding carboxylic acids is 1. The number of halogens is 3. The Kier molecular flexibility index (Phi) is 9.83. The second kappa shape index (κ2) is 12.3. The maximum atomic E-state index is 13.3. The first-order valence-electron chi connectivity index (χ1n) is 9.52. The van der Waals surface area contributed by atoms with Crippen molar-refractivity contribution in [2.45, 2.75) is 19.3 Å². The molecule has 0 bridgehead atoms. The molecule has 0 unspecified atom stereocenters. The smallest absolute Gasteiger partial charge is 0.225 e. The van der Waals surface area contributed by atoms with E-state index in [1.807, 2.05) is 0 Å². The Morgan fingerprint density at radius 3 is 2.47 bits per heavy atom. The van der Waals surface area contributed by atoms with E-state index in [2.05, 4.69) is 20.0 Å². The van der Waals surface area contributed by atoms with Gasteiger partial charge in [0.2, 0.25) is 5.91 Å². The number of phosphoric ester groups is 1. The van der Waals surface area contributed by atoms with E-state index < -0.39 is 38.0 Å². The third-order valence-electron chi connectivity index (χ3n) is 4.31. The van der Waals surface area contributed by atoms with E-state index >= 15 is 0 Å². The molecule has 1 aromatic heterocycles. The standard InChI is InChI=1S/C19H21F3N5O6P/c20-14-7-11(8-15(21)17(14)22)1-2-16(28)25-19-13(4-6-32-10-33-34(29,30)31)18(26-27-19)12(9-24)3-5-23/h3,5,7-9,23-24H,1-2,4,6,10H2,(H2,29,30,31)(H2,25,26,27,28)/p-2/b12-3+,23-5?,24-9?. The molecule has 1 aromatic carbocycles. The third kappa shape index (κ3) is 8.01. The fourth-order valence-corrected chi connectivity index (χ4v) is 2.99. The molecule has 2 rings (SSSR count). The number of carbonyl (C=O) groups is 1. The number of rotatable bonds is 13. The lowest BCUT2D eigenvalue weighted by Gasteiger charge is -2.28. The summed E-state index contributed by atoms with van der Waals surface area (Å²) in [6.07, 6.45) is 2.82. The Hall–Kier alpha value is -3.16. The number of hydrogen-bond acceptors (Lipinski definition) is 9. The van der Waals surface area contributed by atoms with Gasteiger partial charge in [-0.2, -0.15) is 5.10 Å². The van der Waals surface area contributed by atoms with Crippen LogP contribution in [0.3, 0.4) is 0 Å². The van der Waals surface area contributed by atoms with Crippen LogP contribution in [0.1, 0.15) is 23.2 Å². The Morgan fingerprint density at radius 2 is 1.88 bits per heavy atom. The molecule has 34 heavy (non-hydrogen) atoms. The molecule has 0 aliphatic carbocycles. The number of aryl methyl sites for hydroxylation is 1. The van der Waals surface area contributed by atoms with Crippen LogP contribution in [0.5, 0.6) is 0 Å². The molecule has 184 valence electrons. The van der Waals surface area contributed by atoms with Crippen LogP contribution in [0.2, 0.25) is 0 Å². The molecular formula is C19H19F3N5O6P-2. The molecule has 4 N–H and O–H groups in total. The van der Waals surface area contributed by atoms with E-state index in [9.17, 15) is 32.3 Å². The Morgan fingerprint density at radius 1 is 1.21 bits per heavy atom. The van der Waals surface area contributed by atoms with Crippen LogP contribution < -0.4 is 15.1 Å². The summed E-state index contributed by atoms with van der Waals surface area (Å²) in [6.45, 7) is -0.989. The van der Waals surface area contributed by atoms with Gasteiger partial charge in [-0.05, 0) is 30.2 Å². The van der Waals surface area contributed by atoms with E-state index in [1.165, 1.54) is 6.08 Å². The number of amides is 1. The molecule has 0 saturated heterocycles. The number of nitrogens with one attached hydrogen (secondary N) is 4. The molecule has 0 saturated carbocycles. The first-order valence-corrected chi connectivity index (χ1v) is 11.0. The summed E-state index contributed by atoms with van der Waals surface area (Å²) >= 11 is 0. The van der Waals surface area contributed by atoms with Crippen molar-refractivity contribution in [1.82, 2.24) is 10.2 Å². The van der Waals surface area contributed by atoms with Crippen LogP contribution in [-0.4, -0.2) is 41.9 Å². The second-order valence-corrected chi connectivity index (χ2v) is 7.79. The van der Waals surface area contributed by atoms with Crippen LogP contribution in [0.25, 0.3) is 5.57 Å². The van der Waals surface area contributed by atoms with Crippen molar-refractivity contribution >= 4 is 37.6 Å². The molecule has 0 aliphatic heterocycles. The predicted octanol–water partition coefficient (Wildman–Crippen LogP) is 1.44. The minimum atomic E-state index is -5.21. The topological polar surface area (TPSA) is 187 Å². The molecule has 0 aliphatic rings. The summed E-state index contributed by atoms with van der Waals surface area (Å²) in [4.78, 5) is 33.3. The van der Waals surface area contributed by atoms with Crippen molar-refractivity contribution in [3.63, 3.8) is 0 Å². The quantitative estimate of drug-likeness (QED) is 0.105. The Bertz CT molecular complexity index is 1110. The third-order valence-corrected chi connectivity index (χ3v) is 4.73. The molecule has 0 spiro atoms. The van der Waals surface area contributed by atoms with Gasteiger partial charge in [-0.3, -0.25) is 9.89 Å². The van der Waals surface area contributed by atoms with Gasteiger partial charge < -0.3 is 39.7 Å². The van der Waals surface area contributed by atoms with Gasteiger partial charge in [-0.15, -0.1) is 0 Å². The highest BCUT2D eigenvalue weighted by Crippen LogP contribution is 2.25. The van der Waals surface area contributed by atoms with Crippen molar-refractivity contribution in [1.29, 1.82) is 10.8 Å². The fourth-order valence-electron chi connectivity index (χ4n) is 2.78. The van der Waals surface area contributed by atoms with E-state index in [1.54, 1.807) is 0 Å². The lowest BCUT2D eigenvalue weighted by atomic mass is 10.1. The number of allylic oxidation sites excluding steroid dienone is 2. The zero-order chi connectivity index (χ0) is 25.3. The molecule has 0 fully saturated rings. The van der Waals surface area contributed by atoms with E-state index in [-0.39, 0.29) is 48.5 Å². The Balaban J connectivity index is 2.11. The molecular weight excluding hydrogens is 482 g/mol. The van der Waals surface area contributed by atoms with Crippen molar-refractivity contribution in [2.75, 3.05) is 18.7 Å². The monoisotopic (exact) mass is 501 g/mol. The Labute approximate surface area is 191 Å². The average Bonchev–Trinajstić information content (AvgIpc) is 3.15. The number of hydrogen-bond donors (Lipinski definition) is 4. The summed E-state index contributed by atoms with van der Waals surface area (Å²) in [5, 5.41) is 23.8. The number of aromatic nitrogens is 2. The number of ether oxygens (including phenoxy) is 1. The SMILES string of the molecule is N=C/C=C(\C=N)c1[nH]nc(NC(=O)CCc2cc(F)c(F)c(F)c2)c1CCOCOP(=O)([O-])[O-]. The molecule has 1 heterocycles. The van der Waals surface area contributed by atoms with Crippen LogP contribution in [0.4, 0.5) is 19.0 Å². The van der Waals surface area contributed by atoms with Crippen LogP contribution in [-0.2, 0) is 31.5 Å². The van der Waals surface area contributed by atoms with Gasteiger partial charge in [0.25, 0.3) is 0 Å². The number of anilines is 1. The van der Waals surface area contributed by atoms with Crippen LogP contribution in [0, 0.1) is 28.3 Å². The normalized spacial score (nSPS) is 12.0. The summed E-state index contributed by atoms with van der Waals surface area (Å²) in [5.41, 5.74) is 0.891. The van der Waals surface area contributed by atoms with Crippen LogP contribution >= 0.6 is 7.82 Å². The predicted molar refractivity (Wildman–Crippen MR) is 111 cm³/mol. The van der Waals surface area contributed by atoms with E-state index in [4.69, 9.17) is 15.6 Å². The van der Waals surface area contributed by atoms with Gasteiger partial charge in [0.05, 0.1) is 20.1 Å². The number of nitrogens with zero attached hydrogens (tertiary/aromatic N) is 1. The second-order valence-electron chi connectivity index (χ2n) is 6.63. The van der Waals surface area contributed by atoms with Crippen LogP contribution in [0.15, 0.2) is 18.2 Å². The minimum Gasteiger partial charge on any atom is -0.790 e. The molecule has 1 amide bonds. The summed E-state index contributed by atoms with van der Waals surface area (Å²) in [5.74, 6) is -4.93. The van der Waals surface area contributed by atoms with E-state index in [0.29, 0.717) is 5.56 Å². The van der Waals surface area contributed by atoms with Gasteiger partial charge in [0, 0.05) is 36.4 Å². The summed E-state index contributed by atoms with van der Waals surface area (Å²) in [7, 11) is -5.21. The van der Waals surface area contributed by atoms with Gasteiger partial charge in [-0.1, -0.05) is 0 Å². The summed E-state index contributed by atoms with van der Waals surface area (Å²) in [6, 6.07) is 1.56. The minimum absolute atomic E-state index is 0.0182. The zero-order valence-corrected chi connectivity index (χ0v) is 18.3. The molecule has 0 atom stereocenters. The highest BCUT2D eigenvalue weighted by atomic mass is 31.2. The summed E-state index contributed by atoms with van der Waals surface area (Å²) < 4.78 is 59.1. The number of H-pyrrole nitrogens is 1. The maximum Gasteiger partial charge on any atom is 0.225 e. The van der Waals surface area contributed by atoms with Crippen molar-refractivity contribution in [2.24, 2.45) is 0 Å². The number of aromatic amines is 1. The van der Waals surface area contributed by atoms with Crippen molar-refractivity contribution < 1.29 is 41.6 Å². The average molecular weight is 501 g/mol.